The van der Waals surface area contributed by atoms with E-state index in [0.29, 0.717) is 0 Å². The quantitative estimate of drug-likeness (QED) is 0.785. The van der Waals surface area contributed by atoms with Crippen molar-refractivity contribution >= 4 is 11.9 Å². The van der Waals surface area contributed by atoms with Crippen LogP contribution in [-0.2, 0) is 16.0 Å². The molecular formula is C13H11F2NO3. The largest absolute Gasteiger partial charge is 0.480 e. The molecule has 1 unspecified atom stereocenters. The molecule has 0 spiro atoms. The minimum atomic E-state index is -1.31. The Morgan fingerprint density at radius 2 is 1.95 bits per heavy atom. The van der Waals surface area contributed by atoms with Gasteiger partial charge >= 0.3 is 5.97 Å². The Kier molecular flexibility index (Phi) is 5.01. The zero-order valence-corrected chi connectivity index (χ0v) is 9.82. The molecule has 0 aliphatic heterocycles. The van der Waals surface area contributed by atoms with E-state index in [1.54, 1.807) is 0 Å². The number of hydrogen-bond acceptors (Lipinski definition) is 2. The highest BCUT2D eigenvalue weighted by atomic mass is 19.1. The second-order valence-corrected chi connectivity index (χ2v) is 3.74. The van der Waals surface area contributed by atoms with Gasteiger partial charge in [-0.15, -0.1) is 12.3 Å². The Labute approximate surface area is 108 Å². The number of benzene rings is 1. The first-order chi connectivity index (χ1) is 8.95. The summed E-state index contributed by atoms with van der Waals surface area (Å²) in [5.74, 6) is -1.75. The zero-order chi connectivity index (χ0) is 14.4. The third-order valence-electron chi connectivity index (χ3n) is 2.35. The summed E-state index contributed by atoms with van der Waals surface area (Å²) in [7, 11) is 0. The third kappa shape index (κ3) is 4.07. The van der Waals surface area contributed by atoms with Gasteiger partial charge in [-0.2, -0.15) is 0 Å². The molecule has 0 heterocycles. The molecule has 0 radical (unpaired) electrons. The molecule has 0 fully saturated rings. The molecule has 6 heteroatoms. The minimum absolute atomic E-state index is 0.208. The van der Waals surface area contributed by atoms with Crippen LogP contribution in [0.1, 0.15) is 12.0 Å². The molecule has 1 rings (SSSR count). The summed E-state index contributed by atoms with van der Waals surface area (Å²) in [6.45, 7) is 0. The molecule has 0 aliphatic rings. The van der Waals surface area contributed by atoms with Crippen molar-refractivity contribution in [3.05, 3.63) is 35.4 Å². The van der Waals surface area contributed by atoms with E-state index in [0.717, 1.165) is 12.1 Å². The van der Waals surface area contributed by atoms with Crippen molar-refractivity contribution in [2.24, 2.45) is 0 Å². The maximum Gasteiger partial charge on any atom is 0.327 e. The van der Waals surface area contributed by atoms with Gasteiger partial charge in [0.15, 0.2) is 0 Å². The van der Waals surface area contributed by atoms with Crippen LogP contribution in [-0.4, -0.2) is 23.0 Å². The molecule has 0 aliphatic carbocycles. The Bertz CT molecular complexity index is 517. The van der Waals surface area contributed by atoms with Crippen molar-refractivity contribution in [2.75, 3.05) is 0 Å². The van der Waals surface area contributed by atoms with Gasteiger partial charge in [-0.3, -0.25) is 4.79 Å². The van der Waals surface area contributed by atoms with Crippen molar-refractivity contribution in [1.82, 2.24) is 5.32 Å². The van der Waals surface area contributed by atoms with E-state index < -0.39 is 41.5 Å². The first-order valence-corrected chi connectivity index (χ1v) is 5.34. The molecule has 0 saturated heterocycles. The van der Waals surface area contributed by atoms with E-state index in [9.17, 15) is 18.4 Å². The summed E-state index contributed by atoms with van der Waals surface area (Å²) in [6.07, 6.45) is 4.16. The van der Waals surface area contributed by atoms with E-state index in [1.807, 2.05) is 0 Å². The molecule has 1 aromatic carbocycles. The normalized spacial score (nSPS) is 11.4. The van der Waals surface area contributed by atoms with Crippen LogP contribution in [0.25, 0.3) is 0 Å². The highest BCUT2D eigenvalue weighted by Gasteiger charge is 2.20. The van der Waals surface area contributed by atoms with Crippen molar-refractivity contribution in [2.45, 2.75) is 18.9 Å². The lowest BCUT2D eigenvalue weighted by molar-refractivity contribution is -0.141. The second-order valence-electron chi connectivity index (χ2n) is 3.74. The van der Waals surface area contributed by atoms with Gasteiger partial charge < -0.3 is 10.4 Å². The molecule has 2 N–H and O–H groups in total. The predicted octanol–water partition coefficient (Wildman–Crippen LogP) is 1.10. The maximum absolute atomic E-state index is 13.3. The summed E-state index contributed by atoms with van der Waals surface area (Å²) in [5, 5.41) is 10.9. The fourth-order valence-electron chi connectivity index (χ4n) is 1.43. The van der Waals surface area contributed by atoms with Crippen LogP contribution >= 0.6 is 0 Å². The third-order valence-corrected chi connectivity index (χ3v) is 2.35. The summed E-state index contributed by atoms with van der Waals surface area (Å²) in [5.41, 5.74) is -0.412. The maximum atomic E-state index is 13.3. The topological polar surface area (TPSA) is 66.4 Å². The van der Waals surface area contributed by atoms with Crippen LogP contribution in [0.3, 0.4) is 0 Å². The number of aliphatic carboxylic acids is 1. The van der Waals surface area contributed by atoms with Gasteiger partial charge in [0.2, 0.25) is 5.91 Å². The number of rotatable bonds is 5. The lowest BCUT2D eigenvalue weighted by atomic mass is 10.1. The van der Waals surface area contributed by atoms with Crippen LogP contribution in [0.15, 0.2) is 18.2 Å². The number of amides is 1. The Balaban J connectivity index is 2.75. The van der Waals surface area contributed by atoms with Crippen LogP contribution in [0.2, 0.25) is 0 Å². The molecule has 1 atom stereocenters. The Hall–Kier alpha value is -2.42. The van der Waals surface area contributed by atoms with Gasteiger partial charge in [0.25, 0.3) is 0 Å². The molecule has 0 saturated carbocycles. The highest BCUT2D eigenvalue weighted by molar-refractivity contribution is 5.85. The van der Waals surface area contributed by atoms with Crippen molar-refractivity contribution < 1.29 is 23.5 Å². The fraction of sp³-hybridized carbons (Fsp3) is 0.231. The molecule has 1 amide bonds. The summed E-state index contributed by atoms with van der Waals surface area (Å²) < 4.78 is 26.6. The van der Waals surface area contributed by atoms with Crippen molar-refractivity contribution in [1.29, 1.82) is 0 Å². The van der Waals surface area contributed by atoms with Gasteiger partial charge in [0.1, 0.15) is 17.7 Å². The minimum Gasteiger partial charge on any atom is -0.480 e. The zero-order valence-electron chi connectivity index (χ0n) is 9.82. The standard InChI is InChI=1S/C13H11F2NO3/c1-2-4-11(13(18)19)16-12(17)7-8-9(14)5-3-6-10(8)15/h1,3,5-6,11H,4,7H2,(H,16,17)(H,18,19). The van der Waals surface area contributed by atoms with Gasteiger partial charge in [-0.05, 0) is 12.1 Å². The number of carbonyl (C=O) groups is 2. The Morgan fingerprint density at radius 3 is 2.42 bits per heavy atom. The van der Waals surface area contributed by atoms with Crippen LogP contribution < -0.4 is 5.32 Å². The van der Waals surface area contributed by atoms with E-state index in [4.69, 9.17) is 11.5 Å². The van der Waals surface area contributed by atoms with Crippen LogP contribution in [0.4, 0.5) is 8.78 Å². The second kappa shape index (κ2) is 6.50. The molecule has 0 bridgehead atoms. The van der Waals surface area contributed by atoms with Gasteiger partial charge in [-0.25, -0.2) is 13.6 Å². The fourth-order valence-corrected chi connectivity index (χ4v) is 1.43. The summed E-state index contributed by atoms with van der Waals surface area (Å²) >= 11 is 0. The number of halogens is 2. The molecule has 100 valence electrons. The SMILES string of the molecule is C#CCC(NC(=O)Cc1c(F)cccc1F)C(=O)O. The Morgan fingerprint density at radius 1 is 1.37 bits per heavy atom. The first kappa shape index (κ1) is 14.6. The summed E-state index contributed by atoms with van der Waals surface area (Å²) in [4.78, 5) is 22.3. The van der Waals surface area contributed by atoms with Crippen LogP contribution in [0, 0.1) is 24.0 Å². The molecule has 0 aromatic heterocycles. The van der Waals surface area contributed by atoms with E-state index in [-0.39, 0.29) is 6.42 Å². The number of terminal acetylenes is 1. The van der Waals surface area contributed by atoms with Gasteiger partial charge in [-0.1, -0.05) is 6.07 Å². The monoisotopic (exact) mass is 267 g/mol. The average Bonchev–Trinajstić information content (AvgIpc) is 2.33. The smallest absolute Gasteiger partial charge is 0.327 e. The van der Waals surface area contributed by atoms with Crippen molar-refractivity contribution in [3.63, 3.8) is 0 Å². The van der Waals surface area contributed by atoms with Gasteiger partial charge in [0.05, 0.1) is 6.42 Å². The highest BCUT2D eigenvalue weighted by Crippen LogP contribution is 2.12. The van der Waals surface area contributed by atoms with E-state index in [1.165, 1.54) is 6.07 Å². The number of carbonyl (C=O) groups excluding carboxylic acids is 1. The number of carboxylic acid groups (broad SMARTS) is 1. The first-order valence-electron chi connectivity index (χ1n) is 5.34. The van der Waals surface area contributed by atoms with E-state index >= 15 is 0 Å². The van der Waals surface area contributed by atoms with Crippen molar-refractivity contribution in [3.8, 4) is 12.3 Å². The van der Waals surface area contributed by atoms with Crippen LogP contribution in [0.5, 0.6) is 0 Å². The lowest BCUT2D eigenvalue weighted by Crippen LogP contribution is -2.41. The molecular weight excluding hydrogens is 256 g/mol. The van der Waals surface area contributed by atoms with E-state index in [2.05, 4.69) is 11.2 Å². The molecule has 1 aromatic rings. The summed E-state index contributed by atoms with van der Waals surface area (Å²) in [6, 6.07) is 1.93. The lowest BCUT2D eigenvalue weighted by Gasteiger charge is -2.12. The number of carboxylic acids is 1. The number of nitrogens with one attached hydrogen (secondary N) is 1. The molecule has 4 nitrogen and oxygen atoms in total. The molecule has 19 heavy (non-hydrogen) atoms. The number of hydrogen-bond donors (Lipinski definition) is 2. The van der Waals surface area contributed by atoms with Gasteiger partial charge in [0, 0.05) is 12.0 Å². The average molecular weight is 267 g/mol. The predicted molar refractivity (Wildman–Crippen MR) is 63.1 cm³/mol.